The van der Waals surface area contributed by atoms with Gasteiger partial charge < -0.3 is 5.32 Å². The van der Waals surface area contributed by atoms with E-state index in [0.717, 1.165) is 5.56 Å². The minimum absolute atomic E-state index is 0.0303. The van der Waals surface area contributed by atoms with Gasteiger partial charge in [-0.25, -0.2) is 31.5 Å². The Morgan fingerprint density at radius 2 is 1.43 bits per heavy atom. The van der Waals surface area contributed by atoms with Crippen LogP contribution in [0.15, 0.2) is 95.0 Å². The van der Waals surface area contributed by atoms with Gasteiger partial charge in [0.2, 0.25) is 5.95 Å². The molecule has 0 atom stereocenters. The molecule has 0 bridgehead atoms. The predicted octanol–water partition coefficient (Wildman–Crippen LogP) is 3.95. The summed E-state index contributed by atoms with van der Waals surface area (Å²) in [7, 11) is -7.88. The number of carbonyl (C=O) groups excluding carboxylic acids is 1. The summed E-state index contributed by atoms with van der Waals surface area (Å²) in [6.07, 6.45) is 2.81. The van der Waals surface area contributed by atoms with Crippen LogP contribution in [0.3, 0.4) is 0 Å². The van der Waals surface area contributed by atoms with Crippen LogP contribution in [-0.4, -0.2) is 32.7 Å². The highest BCUT2D eigenvalue weighted by molar-refractivity contribution is 7.93. The molecule has 0 aliphatic rings. The number of benzene rings is 3. The zero-order chi connectivity index (χ0) is 26.6. The maximum absolute atomic E-state index is 13.0. The van der Waals surface area contributed by atoms with Crippen LogP contribution in [0.2, 0.25) is 0 Å². The van der Waals surface area contributed by atoms with Gasteiger partial charge in [-0.05, 0) is 79.6 Å². The van der Waals surface area contributed by atoms with Crippen molar-refractivity contribution in [2.45, 2.75) is 23.6 Å². The number of rotatable bonds is 8. The van der Waals surface area contributed by atoms with Crippen LogP contribution in [0.25, 0.3) is 0 Å². The van der Waals surface area contributed by atoms with Gasteiger partial charge in [0.05, 0.1) is 9.79 Å². The fraction of sp³-hybridized carbons (Fsp3) is 0.0800. The van der Waals surface area contributed by atoms with Crippen molar-refractivity contribution in [3.63, 3.8) is 0 Å². The average Bonchev–Trinajstić information content (AvgIpc) is 2.84. The van der Waals surface area contributed by atoms with Gasteiger partial charge in [-0.1, -0.05) is 18.2 Å². The Hall–Kier alpha value is -4.29. The number of anilines is 3. The number of nitrogens with zero attached hydrogens (tertiary/aromatic N) is 2. The molecule has 3 N–H and O–H groups in total. The molecule has 12 heteroatoms. The molecule has 0 aliphatic carbocycles. The van der Waals surface area contributed by atoms with Gasteiger partial charge >= 0.3 is 0 Å². The number of nitrogens with one attached hydrogen (secondary N) is 3. The summed E-state index contributed by atoms with van der Waals surface area (Å²) < 4.78 is 55.9. The molecule has 0 spiro atoms. The van der Waals surface area contributed by atoms with Crippen molar-refractivity contribution >= 4 is 43.3 Å². The number of hydrogen-bond acceptors (Lipinski definition) is 7. The van der Waals surface area contributed by atoms with Crippen molar-refractivity contribution in [1.82, 2.24) is 9.97 Å². The molecule has 10 nitrogen and oxygen atoms in total. The highest BCUT2D eigenvalue weighted by Crippen LogP contribution is 2.23. The first-order valence-electron chi connectivity index (χ1n) is 10.9. The van der Waals surface area contributed by atoms with Gasteiger partial charge in [-0.15, -0.1) is 0 Å². The Kier molecular flexibility index (Phi) is 7.23. The molecule has 37 heavy (non-hydrogen) atoms. The molecule has 4 aromatic rings. The smallest absolute Gasteiger partial charge is 0.264 e. The first kappa shape index (κ1) is 25.8. The highest BCUT2D eigenvalue weighted by Gasteiger charge is 2.20. The molecule has 0 saturated heterocycles. The van der Waals surface area contributed by atoms with Gasteiger partial charge in [-0.2, -0.15) is 0 Å². The minimum Gasteiger partial charge on any atom is -0.322 e. The first-order chi connectivity index (χ1) is 17.5. The molecule has 1 heterocycles. The van der Waals surface area contributed by atoms with Crippen molar-refractivity contribution in [1.29, 1.82) is 0 Å². The standard InChI is InChI=1S/C25H23N5O5S2/c1-17-5-3-6-21(15-17)29-37(34,35)23-16-19(8-7-18(23)2)24(31)28-20-9-11-22(12-10-20)36(32,33)30-25-26-13-4-14-27-25/h3-16,29H,1-2H3,(H,28,31)(H,26,27,30). The minimum atomic E-state index is -3.95. The van der Waals surface area contributed by atoms with E-state index in [1.54, 1.807) is 37.3 Å². The van der Waals surface area contributed by atoms with Crippen LogP contribution >= 0.6 is 0 Å². The van der Waals surface area contributed by atoms with E-state index in [1.807, 2.05) is 13.0 Å². The van der Waals surface area contributed by atoms with Crippen LogP contribution in [0, 0.1) is 13.8 Å². The van der Waals surface area contributed by atoms with E-state index in [-0.39, 0.29) is 21.3 Å². The van der Waals surface area contributed by atoms with E-state index in [2.05, 4.69) is 24.7 Å². The Balaban J connectivity index is 1.50. The van der Waals surface area contributed by atoms with Crippen molar-refractivity contribution < 1.29 is 21.6 Å². The third kappa shape index (κ3) is 6.29. The van der Waals surface area contributed by atoms with Gasteiger partial charge in [-0.3, -0.25) is 9.52 Å². The molecule has 4 rings (SSSR count). The van der Waals surface area contributed by atoms with Crippen molar-refractivity contribution in [3.05, 3.63) is 102 Å². The molecule has 0 saturated carbocycles. The van der Waals surface area contributed by atoms with E-state index in [9.17, 15) is 21.6 Å². The molecule has 0 radical (unpaired) electrons. The van der Waals surface area contributed by atoms with Gasteiger partial charge in [0.15, 0.2) is 0 Å². The molecule has 0 unspecified atom stereocenters. The quantitative estimate of drug-likeness (QED) is 0.308. The Labute approximate surface area is 214 Å². The summed E-state index contributed by atoms with van der Waals surface area (Å²) in [4.78, 5) is 20.4. The SMILES string of the molecule is Cc1cccc(NS(=O)(=O)c2cc(C(=O)Nc3ccc(S(=O)(=O)Nc4ncccn4)cc3)ccc2C)c1. The Morgan fingerprint density at radius 3 is 2.11 bits per heavy atom. The first-order valence-corrected chi connectivity index (χ1v) is 13.9. The number of hydrogen-bond donors (Lipinski definition) is 3. The lowest BCUT2D eigenvalue weighted by molar-refractivity contribution is 0.102. The monoisotopic (exact) mass is 537 g/mol. The second kappa shape index (κ2) is 10.4. The Bertz CT molecular complexity index is 1660. The van der Waals surface area contributed by atoms with Gasteiger partial charge in [0, 0.05) is 29.3 Å². The Morgan fingerprint density at radius 1 is 0.730 bits per heavy atom. The summed E-state index contributed by atoms with van der Waals surface area (Å²) in [5.41, 5.74) is 2.23. The summed E-state index contributed by atoms with van der Waals surface area (Å²) in [6.45, 7) is 3.49. The molecule has 1 aromatic heterocycles. The van der Waals surface area contributed by atoms with Crippen molar-refractivity contribution in [2.24, 2.45) is 0 Å². The highest BCUT2D eigenvalue weighted by atomic mass is 32.2. The second-order valence-corrected chi connectivity index (χ2v) is 11.4. The summed E-state index contributed by atoms with van der Waals surface area (Å²) in [5, 5.41) is 2.65. The van der Waals surface area contributed by atoms with Crippen LogP contribution in [-0.2, 0) is 20.0 Å². The van der Waals surface area contributed by atoms with E-state index in [0.29, 0.717) is 16.9 Å². The number of aromatic nitrogens is 2. The van der Waals surface area contributed by atoms with Gasteiger partial charge in [0.1, 0.15) is 0 Å². The molecular weight excluding hydrogens is 514 g/mol. The predicted molar refractivity (Wildman–Crippen MR) is 140 cm³/mol. The number of carbonyl (C=O) groups is 1. The van der Waals surface area contributed by atoms with E-state index in [1.165, 1.54) is 48.8 Å². The van der Waals surface area contributed by atoms with Crippen LogP contribution < -0.4 is 14.8 Å². The fourth-order valence-corrected chi connectivity index (χ4v) is 5.68. The summed E-state index contributed by atoms with van der Waals surface area (Å²) >= 11 is 0. The second-order valence-electron chi connectivity index (χ2n) is 8.11. The topological polar surface area (TPSA) is 147 Å². The molecule has 0 aliphatic heterocycles. The molecule has 3 aromatic carbocycles. The lowest BCUT2D eigenvalue weighted by Crippen LogP contribution is -2.17. The van der Waals surface area contributed by atoms with E-state index < -0.39 is 26.0 Å². The molecule has 0 fully saturated rings. The molecule has 1 amide bonds. The molecular formula is C25H23N5O5S2. The van der Waals surface area contributed by atoms with Crippen LogP contribution in [0.1, 0.15) is 21.5 Å². The summed E-state index contributed by atoms with van der Waals surface area (Å²) in [6, 6.07) is 18.3. The largest absolute Gasteiger partial charge is 0.322 e. The fourth-order valence-electron chi connectivity index (χ4n) is 3.40. The van der Waals surface area contributed by atoms with Crippen molar-refractivity contribution in [2.75, 3.05) is 14.8 Å². The average molecular weight is 538 g/mol. The van der Waals surface area contributed by atoms with E-state index in [4.69, 9.17) is 0 Å². The number of amides is 1. The maximum Gasteiger partial charge on any atom is 0.264 e. The number of sulfonamides is 2. The van der Waals surface area contributed by atoms with Crippen molar-refractivity contribution in [3.8, 4) is 0 Å². The van der Waals surface area contributed by atoms with Crippen LogP contribution in [0.5, 0.6) is 0 Å². The third-order valence-corrected chi connectivity index (χ3v) is 8.09. The number of aryl methyl sites for hydroxylation is 2. The summed E-state index contributed by atoms with van der Waals surface area (Å²) in [5.74, 6) is -0.625. The lowest BCUT2D eigenvalue weighted by atomic mass is 10.1. The third-order valence-electron chi connectivity index (χ3n) is 5.22. The molecule has 190 valence electrons. The maximum atomic E-state index is 13.0. The zero-order valence-corrected chi connectivity index (χ0v) is 21.5. The van der Waals surface area contributed by atoms with E-state index >= 15 is 0 Å². The normalized spacial score (nSPS) is 11.5. The van der Waals surface area contributed by atoms with Gasteiger partial charge in [0.25, 0.3) is 26.0 Å². The lowest BCUT2D eigenvalue weighted by Gasteiger charge is -2.13. The van der Waals surface area contributed by atoms with Crippen LogP contribution in [0.4, 0.5) is 17.3 Å². The zero-order valence-electron chi connectivity index (χ0n) is 19.8.